The lowest BCUT2D eigenvalue weighted by atomic mass is 9.83. The number of carbonyl (C=O) groups is 1. The number of carbonyl (C=O) groups excluding carboxylic acids is 1. The molecule has 1 aliphatic heterocycles. The van der Waals surface area contributed by atoms with Crippen LogP contribution in [-0.4, -0.2) is 25.5 Å². The number of hydrogen-bond donors (Lipinski definition) is 2. The summed E-state index contributed by atoms with van der Waals surface area (Å²) in [6, 6.07) is 7.03. The quantitative estimate of drug-likeness (QED) is 0.882. The Morgan fingerprint density at radius 1 is 1.56 bits per heavy atom. The van der Waals surface area contributed by atoms with Crippen molar-refractivity contribution in [3.63, 3.8) is 0 Å². The largest absolute Gasteiger partial charge is 0.351 e. The molecule has 1 fully saturated rings. The van der Waals surface area contributed by atoms with Gasteiger partial charge in [0.25, 0.3) is 5.91 Å². The van der Waals surface area contributed by atoms with Gasteiger partial charge in [-0.1, -0.05) is 24.6 Å². The molecule has 0 bridgehead atoms. The van der Waals surface area contributed by atoms with E-state index in [9.17, 15) is 4.79 Å². The van der Waals surface area contributed by atoms with Gasteiger partial charge in [-0.05, 0) is 43.0 Å². The lowest BCUT2D eigenvalue weighted by Gasteiger charge is -2.34. The van der Waals surface area contributed by atoms with E-state index >= 15 is 0 Å². The minimum atomic E-state index is -0.0516. The van der Waals surface area contributed by atoms with Gasteiger partial charge in [-0.3, -0.25) is 4.79 Å². The van der Waals surface area contributed by atoms with Crippen LogP contribution in [-0.2, 0) is 0 Å². The summed E-state index contributed by atoms with van der Waals surface area (Å²) in [7, 11) is 0. The predicted molar refractivity (Wildman–Crippen MR) is 74.0 cm³/mol. The van der Waals surface area contributed by atoms with E-state index in [0.29, 0.717) is 17.1 Å². The molecule has 0 spiro atoms. The van der Waals surface area contributed by atoms with Crippen molar-refractivity contribution < 1.29 is 4.79 Å². The average molecular weight is 267 g/mol. The summed E-state index contributed by atoms with van der Waals surface area (Å²) in [6.45, 7) is 4.95. The molecule has 1 aromatic rings. The number of hydrogen-bond acceptors (Lipinski definition) is 2. The first-order valence-corrected chi connectivity index (χ1v) is 6.71. The number of amides is 1. The fourth-order valence-corrected chi connectivity index (χ4v) is 2.49. The van der Waals surface area contributed by atoms with E-state index in [-0.39, 0.29) is 11.3 Å². The molecule has 0 aliphatic carbocycles. The highest BCUT2D eigenvalue weighted by Gasteiger charge is 2.27. The molecule has 1 aromatic carbocycles. The van der Waals surface area contributed by atoms with Gasteiger partial charge in [0.05, 0.1) is 0 Å². The first-order valence-electron chi connectivity index (χ1n) is 6.34. The van der Waals surface area contributed by atoms with Crippen LogP contribution in [0.2, 0.25) is 5.02 Å². The maximum atomic E-state index is 12.0. The topological polar surface area (TPSA) is 41.1 Å². The first kappa shape index (κ1) is 13.4. The molecule has 1 heterocycles. The van der Waals surface area contributed by atoms with Gasteiger partial charge in [0.2, 0.25) is 0 Å². The summed E-state index contributed by atoms with van der Waals surface area (Å²) in [4.78, 5) is 12.0. The van der Waals surface area contributed by atoms with Crippen molar-refractivity contribution >= 4 is 17.5 Å². The van der Waals surface area contributed by atoms with Gasteiger partial charge in [0.15, 0.2) is 0 Å². The summed E-state index contributed by atoms with van der Waals surface area (Å²) in [5.74, 6) is -0.0516. The molecule has 0 aromatic heterocycles. The van der Waals surface area contributed by atoms with Crippen LogP contribution in [0, 0.1) is 5.41 Å². The van der Waals surface area contributed by atoms with Crippen molar-refractivity contribution in [1.29, 1.82) is 0 Å². The number of rotatable bonds is 3. The third kappa shape index (κ3) is 3.47. The van der Waals surface area contributed by atoms with E-state index in [1.54, 1.807) is 24.3 Å². The van der Waals surface area contributed by atoms with Gasteiger partial charge < -0.3 is 10.6 Å². The summed E-state index contributed by atoms with van der Waals surface area (Å²) < 4.78 is 0. The van der Waals surface area contributed by atoms with Crippen molar-refractivity contribution in [3.05, 3.63) is 34.9 Å². The van der Waals surface area contributed by atoms with Gasteiger partial charge in [-0.25, -0.2) is 0 Å². The molecular weight excluding hydrogens is 248 g/mol. The Labute approximate surface area is 113 Å². The van der Waals surface area contributed by atoms with Gasteiger partial charge in [-0.15, -0.1) is 0 Å². The van der Waals surface area contributed by atoms with E-state index in [0.717, 1.165) is 19.5 Å². The van der Waals surface area contributed by atoms with E-state index in [2.05, 4.69) is 17.6 Å². The maximum Gasteiger partial charge on any atom is 0.251 e. The van der Waals surface area contributed by atoms with Crippen LogP contribution in [0.1, 0.15) is 30.1 Å². The normalized spacial score (nSPS) is 23.7. The molecule has 0 saturated carbocycles. The van der Waals surface area contributed by atoms with Crippen molar-refractivity contribution in [2.75, 3.05) is 19.6 Å². The summed E-state index contributed by atoms with van der Waals surface area (Å²) >= 11 is 5.88. The lowest BCUT2D eigenvalue weighted by Crippen LogP contribution is -2.45. The zero-order valence-electron chi connectivity index (χ0n) is 10.6. The Morgan fingerprint density at radius 2 is 2.39 bits per heavy atom. The fourth-order valence-electron chi connectivity index (χ4n) is 2.30. The second-order valence-electron chi connectivity index (χ2n) is 5.28. The number of nitrogens with one attached hydrogen (secondary N) is 2. The van der Waals surface area contributed by atoms with Crippen LogP contribution < -0.4 is 10.6 Å². The maximum absolute atomic E-state index is 12.0. The fraction of sp³-hybridized carbons (Fsp3) is 0.500. The number of benzene rings is 1. The predicted octanol–water partition coefficient (Wildman–Crippen LogP) is 2.46. The Balaban J connectivity index is 1.92. The number of piperidine rings is 1. The van der Waals surface area contributed by atoms with Gasteiger partial charge in [-0.2, -0.15) is 0 Å². The molecule has 1 aliphatic rings. The first-order chi connectivity index (χ1) is 8.59. The van der Waals surface area contributed by atoms with Crippen LogP contribution in [0.3, 0.4) is 0 Å². The second kappa shape index (κ2) is 5.72. The zero-order chi connectivity index (χ0) is 13.0. The minimum absolute atomic E-state index is 0.0516. The van der Waals surface area contributed by atoms with Crippen LogP contribution >= 0.6 is 11.6 Å². The molecule has 3 nitrogen and oxygen atoms in total. The highest BCUT2D eigenvalue weighted by molar-refractivity contribution is 6.30. The highest BCUT2D eigenvalue weighted by Crippen LogP contribution is 2.24. The van der Waals surface area contributed by atoms with E-state index in [1.807, 2.05) is 0 Å². The Bertz CT molecular complexity index is 428. The summed E-state index contributed by atoms with van der Waals surface area (Å²) in [5.41, 5.74) is 0.779. The standard InChI is InChI=1S/C14H19ClN2O/c1-14(6-3-7-16-9-14)10-17-13(18)11-4-2-5-12(15)8-11/h2,4-5,8,16H,3,6-7,9-10H2,1H3,(H,17,18). The molecule has 4 heteroatoms. The van der Waals surface area contributed by atoms with Crippen LogP contribution in [0.5, 0.6) is 0 Å². The van der Waals surface area contributed by atoms with E-state index < -0.39 is 0 Å². The highest BCUT2D eigenvalue weighted by atomic mass is 35.5. The van der Waals surface area contributed by atoms with E-state index in [1.165, 1.54) is 6.42 Å². The van der Waals surface area contributed by atoms with Crippen molar-refractivity contribution in [3.8, 4) is 0 Å². The summed E-state index contributed by atoms with van der Waals surface area (Å²) in [5, 5.41) is 6.97. The van der Waals surface area contributed by atoms with Gasteiger partial charge in [0, 0.05) is 23.7 Å². The van der Waals surface area contributed by atoms with Crippen LogP contribution in [0.4, 0.5) is 0 Å². The third-order valence-corrected chi connectivity index (χ3v) is 3.68. The van der Waals surface area contributed by atoms with Crippen LogP contribution in [0.15, 0.2) is 24.3 Å². The Kier molecular flexibility index (Phi) is 4.25. The molecule has 0 radical (unpaired) electrons. The van der Waals surface area contributed by atoms with Crippen molar-refractivity contribution in [2.45, 2.75) is 19.8 Å². The molecule has 1 amide bonds. The smallest absolute Gasteiger partial charge is 0.251 e. The second-order valence-corrected chi connectivity index (χ2v) is 5.72. The number of halogens is 1. The van der Waals surface area contributed by atoms with Crippen LogP contribution in [0.25, 0.3) is 0 Å². The summed E-state index contributed by atoms with van der Waals surface area (Å²) in [6.07, 6.45) is 2.32. The Morgan fingerprint density at radius 3 is 3.06 bits per heavy atom. The molecule has 1 unspecified atom stereocenters. The minimum Gasteiger partial charge on any atom is -0.351 e. The monoisotopic (exact) mass is 266 g/mol. The third-order valence-electron chi connectivity index (χ3n) is 3.45. The molecule has 1 atom stereocenters. The molecule has 18 heavy (non-hydrogen) atoms. The van der Waals surface area contributed by atoms with Crippen molar-refractivity contribution in [2.24, 2.45) is 5.41 Å². The molecule has 98 valence electrons. The zero-order valence-corrected chi connectivity index (χ0v) is 11.4. The van der Waals surface area contributed by atoms with E-state index in [4.69, 9.17) is 11.6 Å². The van der Waals surface area contributed by atoms with Crippen molar-refractivity contribution in [1.82, 2.24) is 10.6 Å². The van der Waals surface area contributed by atoms with Gasteiger partial charge >= 0.3 is 0 Å². The molecule has 1 saturated heterocycles. The average Bonchev–Trinajstić information content (AvgIpc) is 2.37. The lowest BCUT2D eigenvalue weighted by molar-refractivity contribution is 0.0924. The SMILES string of the molecule is CC1(CNC(=O)c2cccc(Cl)c2)CCCNC1. The molecular formula is C14H19ClN2O. The molecule has 2 N–H and O–H groups in total. The Hall–Kier alpha value is -1.06. The molecule has 2 rings (SSSR count). The van der Waals surface area contributed by atoms with Gasteiger partial charge in [0.1, 0.15) is 0 Å².